The second-order valence-electron chi connectivity index (χ2n) is 18.3. The summed E-state index contributed by atoms with van der Waals surface area (Å²) in [4.78, 5) is 71.8. The predicted octanol–water partition coefficient (Wildman–Crippen LogP) is 0.282. The minimum Gasteiger partial charge on any atom is -0.496 e. The van der Waals surface area contributed by atoms with Gasteiger partial charge in [-0.2, -0.15) is 13.5 Å². The maximum Gasteiger partial charge on any atom is 0.317 e. The van der Waals surface area contributed by atoms with Gasteiger partial charge in [-0.25, -0.2) is 4.68 Å². The van der Waals surface area contributed by atoms with Gasteiger partial charge in [0.25, 0.3) is 10.1 Å². The molecular formula is C50H69N9O18S2. The smallest absolute Gasteiger partial charge is 0.317 e. The van der Waals surface area contributed by atoms with Crippen LogP contribution in [0.2, 0.25) is 0 Å². The maximum absolute atomic E-state index is 13.3. The molecule has 1 unspecified atom stereocenters. The van der Waals surface area contributed by atoms with E-state index in [0.717, 1.165) is 38.6 Å². The number of rotatable bonds is 31. The van der Waals surface area contributed by atoms with Crippen molar-refractivity contribution in [1.29, 1.82) is 0 Å². The number of aromatic nitrogens is 3. The fourth-order valence-electron chi connectivity index (χ4n) is 8.59. The fourth-order valence-corrected chi connectivity index (χ4v) is 9.93. The maximum atomic E-state index is 13.3. The number of aryl methyl sites for hydroxylation is 1. The zero-order valence-electron chi connectivity index (χ0n) is 44.1. The van der Waals surface area contributed by atoms with Crippen molar-refractivity contribution in [1.82, 2.24) is 45.0 Å². The van der Waals surface area contributed by atoms with Gasteiger partial charge in [0.15, 0.2) is 0 Å². The molecule has 0 radical (unpaired) electrons. The lowest BCUT2D eigenvalue weighted by Crippen LogP contribution is -2.54. The first-order valence-electron chi connectivity index (χ1n) is 25.4. The number of carboxylic acid groups (broad SMARTS) is 3. The Balaban J connectivity index is 0.843. The molecule has 2 aliphatic heterocycles. The predicted molar refractivity (Wildman–Crippen MR) is 285 cm³/mol. The number of hydrogen-bond acceptors (Lipinski definition) is 21. The Morgan fingerprint density at radius 1 is 0.734 bits per heavy atom. The van der Waals surface area contributed by atoms with Crippen LogP contribution in [0.3, 0.4) is 0 Å². The van der Waals surface area contributed by atoms with Crippen LogP contribution in [0.5, 0.6) is 17.2 Å². The van der Waals surface area contributed by atoms with Gasteiger partial charge in [0, 0.05) is 93.4 Å². The van der Waals surface area contributed by atoms with Crippen LogP contribution in [0, 0.1) is 6.92 Å². The average Bonchev–Trinajstić information content (AvgIpc) is 4.12. The molecule has 29 heteroatoms. The summed E-state index contributed by atoms with van der Waals surface area (Å²) in [5, 5.41) is 41.0. The Bertz CT molecular complexity index is 2720. The lowest BCUT2D eigenvalue weighted by Gasteiger charge is -2.33. The zero-order chi connectivity index (χ0) is 56.7. The van der Waals surface area contributed by atoms with Gasteiger partial charge < -0.3 is 59.1 Å². The van der Waals surface area contributed by atoms with Gasteiger partial charge in [-0.05, 0) is 36.6 Å². The zero-order valence-corrected chi connectivity index (χ0v) is 45.8. The number of carboxylic acids is 3. The summed E-state index contributed by atoms with van der Waals surface area (Å²) in [6.45, 7) is 4.14. The average molecular weight is 1150 g/mol. The highest BCUT2D eigenvalue weighted by atomic mass is 32.2. The minimum atomic E-state index is -4.75. The van der Waals surface area contributed by atoms with E-state index in [1.165, 1.54) is 0 Å². The molecule has 1 fully saturated rings. The number of fused-ring (bicyclic) bond motifs is 3. The van der Waals surface area contributed by atoms with Crippen LogP contribution in [0.4, 0.5) is 0 Å². The number of methoxy groups -OCH3 is 1. The van der Waals surface area contributed by atoms with Crippen LogP contribution < -0.4 is 24.8 Å². The number of pyridine rings is 1. The molecule has 2 amide bonds. The Hall–Kier alpha value is -6.38. The summed E-state index contributed by atoms with van der Waals surface area (Å²) in [6, 6.07) is 8.16. The topological polar surface area (TPSA) is 333 Å². The van der Waals surface area contributed by atoms with Crippen LogP contribution in [-0.4, -0.2) is 256 Å². The first kappa shape index (κ1) is 61.8. The Morgan fingerprint density at radius 3 is 1.80 bits per heavy atom. The number of amides is 2. The van der Waals surface area contributed by atoms with E-state index < -0.39 is 58.2 Å². The normalized spacial score (nSPS) is 15.4. The quantitative estimate of drug-likeness (QED) is 0.0291. The van der Waals surface area contributed by atoms with E-state index in [1.807, 2.05) is 47.3 Å². The summed E-state index contributed by atoms with van der Waals surface area (Å²) in [5.41, 5.74) is 5.43. The number of nitrogens with one attached hydrogen (secondary N) is 2. The highest BCUT2D eigenvalue weighted by molar-refractivity contribution is 7.85. The number of aliphatic carboxylic acids is 3. The van der Waals surface area contributed by atoms with Crippen molar-refractivity contribution in [2.45, 2.75) is 19.6 Å². The van der Waals surface area contributed by atoms with E-state index in [4.69, 9.17) is 38.3 Å². The van der Waals surface area contributed by atoms with Crippen LogP contribution in [0.25, 0.3) is 27.4 Å². The third-order valence-corrected chi connectivity index (χ3v) is 14.0. The summed E-state index contributed by atoms with van der Waals surface area (Å²) in [6.07, 6.45) is 3.38. The van der Waals surface area contributed by atoms with Crippen LogP contribution in [0.15, 0.2) is 48.1 Å². The Kier molecular flexibility index (Phi) is 24.6. The monoisotopic (exact) mass is 1150 g/mol. The molecule has 0 saturated carbocycles. The molecule has 0 aliphatic carbocycles. The molecule has 1 saturated heterocycles. The van der Waals surface area contributed by atoms with Crippen molar-refractivity contribution in [2.75, 3.05) is 157 Å². The fraction of sp³-hybridized carbons (Fsp3) is 0.540. The minimum absolute atomic E-state index is 0.00662. The van der Waals surface area contributed by atoms with Gasteiger partial charge in [-0.1, -0.05) is 0 Å². The van der Waals surface area contributed by atoms with Gasteiger partial charge in [-0.15, -0.1) is 11.3 Å². The van der Waals surface area contributed by atoms with Crippen molar-refractivity contribution >= 4 is 51.2 Å². The van der Waals surface area contributed by atoms with Crippen molar-refractivity contribution in [3.8, 4) is 44.6 Å². The van der Waals surface area contributed by atoms with Gasteiger partial charge in [-0.3, -0.25) is 53.1 Å². The molecule has 1 atom stereocenters. The SMILES string of the molecule is COc1cc2c(cc1-c1cncc(OCCOCCOCCOCCOCCNC(=O)C(CS(=O)(=O)O)NC(=O)CN3CCN(CC(=O)O)CCN(CC(=O)O)CCN(CC(=O)O)CC3)c1)-c1c(c(C)nn1-c1cccs1)CO2. The van der Waals surface area contributed by atoms with E-state index in [1.54, 1.807) is 50.4 Å². The van der Waals surface area contributed by atoms with Gasteiger partial charge in [0.1, 0.15) is 47.3 Å². The molecule has 27 nitrogen and oxygen atoms in total. The molecule has 1 aromatic carbocycles. The van der Waals surface area contributed by atoms with Crippen molar-refractivity contribution in [2.24, 2.45) is 0 Å². The van der Waals surface area contributed by atoms with Gasteiger partial charge in [0.05, 0.1) is 104 Å². The third kappa shape index (κ3) is 20.7. The number of carbonyl (C=O) groups excluding carboxylic acids is 2. The lowest BCUT2D eigenvalue weighted by molar-refractivity contribution is -0.140. The standard InChI is InChI=1S/C50H69N9O18S2/c1-35-40-33-77-43-26-42(71-2)38(25-39(43)49(40)59(54-35)45-4-3-23-78-45)36-24-37(28-51-27-36)76-22-21-75-20-19-74-18-17-73-16-15-72-14-5-52-50(67)41(34-79(68,69)70)53-44(60)29-55-6-8-56(30-46(61)62)10-12-58(32-48(65)66)13-11-57(9-7-55)31-47(63)64/h3-4,23-28,41H,5-22,29-34H2,1-2H3,(H,52,67)(H,53,60)(H,61,62)(H,63,64)(H,65,66)(H,68,69,70). The largest absolute Gasteiger partial charge is 0.496 e. The molecule has 434 valence electrons. The lowest BCUT2D eigenvalue weighted by atomic mass is 9.97. The molecule has 3 aromatic heterocycles. The molecule has 6 N–H and O–H groups in total. The van der Waals surface area contributed by atoms with Gasteiger partial charge >= 0.3 is 17.9 Å². The molecule has 4 aromatic rings. The van der Waals surface area contributed by atoms with Gasteiger partial charge in [0.2, 0.25) is 11.8 Å². The molecule has 2 aliphatic rings. The molecule has 0 bridgehead atoms. The van der Waals surface area contributed by atoms with E-state index in [0.29, 0.717) is 50.3 Å². The third-order valence-electron chi connectivity index (χ3n) is 12.4. The first-order chi connectivity index (χ1) is 38.0. The molecule has 5 heterocycles. The molecule has 6 rings (SSSR count). The number of benzene rings is 1. The number of hydrogen-bond donors (Lipinski definition) is 6. The molecular weight excluding hydrogens is 1080 g/mol. The summed E-state index contributed by atoms with van der Waals surface area (Å²) in [5.74, 6) is -4.28. The van der Waals surface area contributed by atoms with E-state index >= 15 is 0 Å². The number of nitrogens with zero attached hydrogens (tertiary/aromatic N) is 7. The number of ether oxygens (including phenoxy) is 7. The summed E-state index contributed by atoms with van der Waals surface area (Å²) in [7, 11) is -3.14. The second-order valence-corrected chi connectivity index (χ2v) is 20.7. The van der Waals surface area contributed by atoms with Crippen molar-refractivity contribution in [3.63, 3.8) is 0 Å². The van der Waals surface area contributed by atoms with Crippen molar-refractivity contribution in [3.05, 3.63) is 59.4 Å². The highest BCUT2D eigenvalue weighted by Gasteiger charge is 2.30. The summed E-state index contributed by atoms with van der Waals surface area (Å²) >= 11 is 1.61. The van der Waals surface area contributed by atoms with E-state index in [2.05, 4.69) is 15.6 Å². The van der Waals surface area contributed by atoms with E-state index in [9.17, 15) is 52.3 Å². The van der Waals surface area contributed by atoms with Crippen LogP contribution >= 0.6 is 11.3 Å². The number of carbonyl (C=O) groups is 5. The van der Waals surface area contributed by atoms with Crippen LogP contribution in [0.1, 0.15) is 11.3 Å². The number of thiophene rings is 1. The van der Waals surface area contributed by atoms with Crippen LogP contribution in [-0.2, 0) is 59.6 Å². The highest BCUT2D eigenvalue weighted by Crippen LogP contribution is 2.46. The van der Waals surface area contributed by atoms with E-state index in [-0.39, 0.29) is 112 Å². The Labute approximate surface area is 460 Å². The molecule has 79 heavy (non-hydrogen) atoms. The molecule has 0 spiro atoms. The first-order valence-corrected chi connectivity index (χ1v) is 27.9. The Morgan fingerprint density at radius 2 is 1.28 bits per heavy atom. The summed E-state index contributed by atoms with van der Waals surface area (Å²) < 4.78 is 75.5. The second kappa shape index (κ2) is 31.4. The van der Waals surface area contributed by atoms with Crippen molar-refractivity contribution < 1.29 is 85.4 Å².